The fraction of sp³-hybridized carbons (Fsp3) is 0.0270. The lowest BCUT2D eigenvalue weighted by Crippen LogP contribution is -2.29. The molecule has 1 aromatic heterocycles. The Morgan fingerprint density at radius 2 is 0.684 bits per heavy atom. The number of fused-ring (bicyclic) bond motifs is 16. The zero-order valence-electron chi connectivity index (χ0n) is 41.6. The Bertz CT molecular complexity index is 4300. The predicted molar refractivity (Wildman–Crippen MR) is 315 cm³/mol. The third-order valence-electron chi connectivity index (χ3n) is 17.1. The molecule has 0 atom stereocenters. The van der Waals surface area contributed by atoms with Gasteiger partial charge in [-0.3, -0.25) is 0 Å². The number of benzene rings is 12. The zero-order valence-corrected chi connectivity index (χ0v) is 41.6. The second kappa shape index (κ2) is 16.4. The fourth-order valence-corrected chi connectivity index (χ4v) is 14.1. The Kier molecular flexibility index (Phi) is 9.20. The van der Waals surface area contributed by atoms with Crippen molar-refractivity contribution in [3.05, 3.63) is 336 Å². The van der Waals surface area contributed by atoms with E-state index in [1.165, 1.54) is 105 Å². The molecule has 0 saturated carbocycles. The fourth-order valence-electron chi connectivity index (χ4n) is 14.1. The van der Waals surface area contributed by atoms with Gasteiger partial charge in [0.1, 0.15) is 0 Å². The maximum absolute atomic E-state index is 2.53. The molecule has 0 saturated heterocycles. The molecule has 3 aliphatic carbocycles. The van der Waals surface area contributed by atoms with E-state index >= 15 is 0 Å². The van der Waals surface area contributed by atoms with Crippen molar-refractivity contribution in [1.29, 1.82) is 0 Å². The van der Waals surface area contributed by atoms with Crippen molar-refractivity contribution < 1.29 is 0 Å². The van der Waals surface area contributed by atoms with Gasteiger partial charge < -0.3 is 9.47 Å². The molecule has 2 heteroatoms. The van der Waals surface area contributed by atoms with Gasteiger partial charge in [-0.15, -0.1) is 0 Å². The van der Waals surface area contributed by atoms with Gasteiger partial charge in [0.2, 0.25) is 0 Å². The molecule has 1 spiro atoms. The average molecular weight is 965 g/mol. The SMILES string of the molecule is c1ccc(C2(c3ccc(N(c4ccc(-c5cccc(-n6c7ccccc7c7ccccc76)c5)cc4)c4cccc5c4C4(c6ccccc6-c6ccccc64)c4ccccc4-5)cc3)c3ccccc3-c3ccccc32)cc1. The van der Waals surface area contributed by atoms with Crippen LogP contribution in [0.4, 0.5) is 17.1 Å². The lowest BCUT2D eigenvalue weighted by atomic mass is 9.67. The van der Waals surface area contributed by atoms with E-state index in [2.05, 4.69) is 301 Å². The summed E-state index contributed by atoms with van der Waals surface area (Å²) in [6, 6.07) is 109. The summed E-state index contributed by atoms with van der Waals surface area (Å²) in [6.07, 6.45) is 0. The summed E-state index contributed by atoms with van der Waals surface area (Å²) in [7, 11) is 0. The van der Waals surface area contributed by atoms with Crippen molar-refractivity contribution >= 4 is 38.9 Å². The second-order valence-electron chi connectivity index (χ2n) is 20.6. The maximum atomic E-state index is 2.53. The van der Waals surface area contributed by atoms with Crippen molar-refractivity contribution in [3.8, 4) is 50.2 Å². The average Bonchev–Trinajstić information content (AvgIpc) is 4.37. The highest BCUT2D eigenvalue weighted by atomic mass is 15.1. The summed E-state index contributed by atoms with van der Waals surface area (Å²) >= 11 is 0. The monoisotopic (exact) mass is 964 g/mol. The molecule has 0 fully saturated rings. The Morgan fingerprint density at radius 1 is 0.276 bits per heavy atom. The van der Waals surface area contributed by atoms with Gasteiger partial charge in [-0.2, -0.15) is 0 Å². The van der Waals surface area contributed by atoms with Crippen LogP contribution in [0.1, 0.15) is 44.5 Å². The van der Waals surface area contributed by atoms with Crippen LogP contribution in [-0.2, 0) is 10.8 Å². The molecule has 0 amide bonds. The van der Waals surface area contributed by atoms with Crippen LogP contribution in [0.5, 0.6) is 0 Å². The molecule has 76 heavy (non-hydrogen) atoms. The standard InChI is InChI=1S/C74H48N2/c1-2-21-51(22-3-1)73(64-32-11-4-24-56(64)57-25-5-12-33-65(57)73)52-42-46-54(47-43-52)75(53-44-40-49(41-45-53)50-20-18-23-55(48-50)76-69-37-16-9-29-61(69)62-30-10-17-38-70(62)76)71-39-19-31-63-60-28-8-15-36-68(60)74(72(63)71)66-34-13-6-26-58(66)59-27-7-14-35-67(59)74/h1-48H. The molecule has 354 valence electrons. The minimum absolute atomic E-state index is 0.510. The van der Waals surface area contributed by atoms with Crippen LogP contribution < -0.4 is 4.90 Å². The molecule has 0 radical (unpaired) electrons. The van der Waals surface area contributed by atoms with Crippen LogP contribution in [0.3, 0.4) is 0 Å². The third-order valence-corrected chi connectivity index (χ3v) is 17.1. The molecule has 12 aromatic carbocycles. The highest BCUT2D eigenvalue weighted by Crippen LogP contribution is 2.65. The maximum Gasteiger partial charge on any atom is 0.0746 e. The minimum Gasteiger partial charge on any atom is -0.310 e. The van der Waals surface area contributed by atoms with Crippen LogP contribution in [-0.4, -0.2) is 4.57 Å². The number of hydrogen-bond acceptors (Lipinski definition) is 1. The van der Waals surface area contributed by atoms with Crippen molar-refractivity contribution in [3.63, 3.8) is 0 Å². The molecule has 0 aliphatic heterocycles. The van der Waals surface area contributed by atoms with E-state index in [0.29, 0.717) is 0 Å². The first-order chi connectivity index (χ1) is 37.7. The molecule has 1 heterocycles. The lowest BCUT2D eigenvalue weighted by molar-refractivity contribution is 0.768. The van der Waals surface area contributed by atoms with E-state index in [1.54, 1.807) is 0 Å². The van der Waals surface area contributed by atoms with Crippen molar-refractivity contribution in [2.45, 2.75) is 10.8 Å². The van der Waals surface area contributed by atoms with Gasteiger partial charge in [-0.25, -0.2) is 0 Å². The number of para-hydroxylation sites is 2. The molecule has 0 N–H and O–H groups in total. The number of anilines is 3. The molecule has 2 nitrogen and oxygen atoms in total. The van der Waals surface area contributed by atoms with Gasteiger partial charge in [0.15, 0.2) is 0 Å². The normalized spacial score (nSPS) is 13.7. The Labute approximate surface area is 442 Å². The Morgan fingerprint density at radius 3 is 1.22 bits per heavy atom. The number of nitrogens with zero attached hydrogens (tertiary/aromatic N) is 2. The van der Waals surface area contributed by atoms with Gasteiger partial charge in [0.25, 0.3) is 0 Å². The minimum atomic E-state index is -0.546. The topological polar surface area (TPSA) is 8.17 Å². The molecule has 16 rings (SSSR count). The van der Waals surface area contributed by atoms with E-state index in [-0.39, 0.29) is 0 Å². The molecule has 0 unspecified atom stereocenters. The molecule has 13 aromatic rings. The Balaban J connectivity index is 0.907. The smallest absolute Gasteiger partial charge is 0.0746 e. The molecular formula is C74H48N2. The summed E-state index contributed by atoms with van der Waals surface area (Å²) in [5, 5.41) is 2.52. The van der Waals surface area contributed by atoms with Gasteiger partial charge in [0, 0.05) is 33.4 Å². The van der Waals surface area contributed by atoms with Gasteiger partial charge >= 0.3 is 0 Å². The summed E-state index contributed by atoms with van der Waals surface area (Å²) < 4.78 is 2.40. The van der Waals surface area contributed by atoms with Gasteiger partial charge in [-0.05, 0) is 138 Å². The lowest BCUT2D eigenvalue weighted by Gasteiger charge is -2.36. The first kappa shape index (κ1) is 42.7. The van der Waals surface area contributed by atoms with Crippen molar-refractivity contribution in [2.24, 2.45) is 0 Å². The van der Waals surface area contributed by atoms with Crippen LogP contribution in [0.2, 0.25) is 0 Å². The largest absolute Gasteiger partial charge is 0.310 e. The van der Waals surface area contributed by atoms with Crippen LogP contribution in [0.25, 0.3) is 72.0 Å². The zero-order chi connectivity index (χ0) is 50.0. The Hall–Kier alpha value is -9.76. The van der Waals surface area contributed by atoms with E-state index < -0.39 is 10.8 Å². The van der Waals surface area contributed by atoms with Crippen molar-refractivity contribution in [2.75, 3.05) is 4.90 Å². The first-order valence-corrected chi connectivity index (χ1v) is 26.5. The van der Waals surface area contributed by atoms with Crippen LogP contribution in [0, 0.1) is 0 Å². The second-order valence-corrected chi connectivity index (χ2v) is 20.6. The third kappa shape index (κ3) is 5.76. The summed E-state index contributed by atoms with van der Waals surface area (Å²) in [5.74, 6) is 0. The van der Waals surface area contributed by atoms with E-state index in [4.69, 9.17) is 0 Å². The van der Waals surface area contributed by atoms with E-state index in [1.807, 2.05) is 0 Å². The van der Waals surface area contributed by atoms with Gasteiger partial charge in [0.05, 0.1) is 27.6 Å². The number of hydrogen-bond donors (Lipinski definition) is 0. The summed E-state index contributed by atoms with van der Waals surface area (Å²) in [6.45, 7) is 0. The van der Waals surface area contributed by atoms with Gasteiger partial charge in [-0.1, -0.05) is 237 Å². The van der Waals surface area contributed by atoms with E-state index in [0.717, 1.165) is 28.3 Å². The number of rotatable bonds is 7. The molecule has 3 aliphatic rings. The summed E-state index contributed by atoms with van der Waals surface area (Å²) in [4.78, 5) is 2.53. The molecule has 0 bridgehead atoms. The summed E-state index contributed by atoms with van der Waals surface area (Å²) in [5.41, 5.74) is 26.3. The van der Waals surface area contributed by atoms with Crippen LogP contribution >= 0.6 is 0 Å². The highest BCUT2D eigenvalue weighted by molar-refractivity contribution is 6.09. The van der Waals surface area contributed by atoms with Crippen molar-refractivity contribution in [1.82, 2.24) is 4.57 Å². The predicted octanol–water partition coefficient (Wildman–Crippen LogP) is 18.6. The van der Waals surface area contributed by atoms with Crippen LogP contribution in [0.15, 0.2) is 291 Å². The van der Waals surface area contributed by atoms with E-state index in [9.17, 15) is 0 Å². The number of aromatic nitrogens is 1. The first-order valence-electron chi connectivity index (χ1n) is 26.5. The highest BCUT2D eigenvalue weighted by Gasteiger charge is 2.53. The quantitative estimate of drug-likeness (QED) is 0.155. The molecular weight excluding hydrogens is 917 g/mol.